The molecule has 0 saturated carbocycles. The summed E-state index contributed by atoms with van der Waals surface area (Å²) in [5.74, 6) is 0.578. The predicted molar refractivity (Wildman–Crippen MR) is 125 cm³/mol. The molecule has 0 unspecified atom stereocenters. The Morgan fingerprint density at radius 1 is 1.06 bits per heavy atom. The standard InChI is InChI=1S/C25H26F3N3O5/c1-15(32)23-21(22(29-36-23)16-7-8-19(34-2)20(13-16)35-3)24(33)31-11-9-30(10-12-31)18-6-4-5-17(14-18)25(26,27)28/h4-8,13-15,32H,9-12H2,1-3H3/t15-/m0/s1. The smallest absolute Gasteiger partial charge is 0.416 e. The van der Waals surface area contributed by atoms with Crippen molar-refractivity contribution in [3.8, 4) is 22.8 Å². The predicted octanol–water partition coefficient (Wildman–Crippen LogP) is 4.39. The van der Waals surface area contributed by atoms with Crippen molar-refractivity contribution in [1.82, 2.24) is 10.1 Å². The number of alkyl halides is 3. The molecule has 0 aliphatic carbocycles. The van der Waals surface area contributed by atoms with Gasteiger partial charge in [-0.3, -0.25) is 4.79 Å². The molecule has 1 fully saturated rings. The molecule has 1 amide bonds. The van der Waals surface area contributed by atoms with E-state index in [-0.39, 0.29) is 36.0 Å². The molecule has 3 aromatic rings. The molecule has 1 aromatic heterocycles. The highest BCUT2D eigenvalue weighted by molar-refractivity contribution is 6.01. The van der Waals surface area contributed by atoms with E-state index in [1.165, 1.54) is 27.2 Å². The zero-order valence-electron chi connectivity index (χ0n) is 20.0. The molecule has 1 aliphatic rings. The van der Waals surface area contributed by atoms with Crippen LogP contribution in [0.4, 0.5) is 18.9 Å². The molecule has 0 bridgehead atoms. The highest BCUT2D eigenvalue weighted by Gasteiger charge is 2.33. The number of rotatable bonds is 6. The van der Waals surface area contributed by atoms with E-state index in [0.29, 0.717) is 35.8 Å². The number of aliphatic hydroxyl groups is 1. The third-order valence-corrected chi connectivity index (χ3v) is 6.07. The number of carbonyl (C=O) groups excluding carboxylic acids is 1. The van der Waals surface area contributed by atoms with Crippen LogP contribution >= 0.6 is 0 Å². The summed E-state index contributed by atoms with van der Waals surface area (Å²) in [4.78, 5) is 17.0. The minimum absolute atomic E-state index is 0.0325. The van der Waals surface area contributed by atoms with Gasteiger partial charge in [0.25, 0.3) is 5.91 Å². The summed E-state index contributed by atoms with van der Waals surface area (Å²) < 4.78 is 55.3. The molecular weight excluding hydrogens is 479 g/mol. The van der Waals surface area contributed by atoms with Gasteiger partial charge in [-0.25, -0.2) is 0 Å². The Balaban J connectivity index is 1.58. The number of piperazine rings is 1. The first-order valence-electron chi connectivity index (χ1n) is 11.3. The number of carbonyl (C=O) groups is 1. The molecule has 192 valence electrons. The Morgan fingerprint density at radius 2 is 1.75 bits per heavy atom. The van der Waals surface area contributed by atoms with Gasteiger partial charge in [0.1, 0.15) is 17.4 Å². The van der Waals surface area contributed by atoms with Crippen LogP contribution in [0.25, 0.3) is 11.3 Å². The third kappa shape index (κ3) is 4.97. The molecule has 1 atom stereocenters. The van der Waals surface area contributed by atoms with Gasteiger partial charge in [0.2, 0.25) is 0 Å². The van der Waals surface area contributed by atoms with Crippen molar-refractivity contribution in [1.29, 1.82) is 0 Å². The maximum atomic E-state index is 13.6. The summed E-state index contributed by atoms with van der Waals surface area (Å²) in [5, 5.41) is 14.3. The number of anilines is 1. The topological polar surface area (TPSA) is 88.3 Å². The first-order chi connectivity index (χ1) is 17.1. The van der Waals surface area contributed by atoms with Crippen LogP contribution in [-0.4, -0.2) is 61.5 Å². The van der Waals surface area contributed by atoms with Crippen LogP contribution in [0.1, 0.15) is 34.7 Å². The van der Waals surface area contributed by atoms with E-state index >= 15 is 0 Å². The number of nitrogens with zero attached hydrogens (tertiary/aromatic N) is 3. The van der Waals surface area contributed by atoms with Crippen molar-refractivity contribution in [3.63, 3.8) is 0 Å². The number of hydrogen-bond acceptors (Lipinski definition) is 7. The zero-order chi connectivity index (χ0) is 26.0. The second kappa shape index (κ2) is 10.1. The molecule has 8 nitrogen and oxygen atoms in total. The minimum Gasteiger partial charge on any atom is -0.493 e. The molecule has 36 heavy (non-hydrogen) atoms. The number of halogens is 3. The second-order valence-electron chi connectivity index (χ2n) is 8.34. The van der Waals surface area contributed by atoms with Crippen molar-refractivity contribution >= 4 is 11.6 Å². The maximum absolute atomic E-state index is 13.6. The molecule has 2 heterocycles. The Bertz CT molecular complexity index is 1230. The summed E-state index contributed by atoms with van der Waals surface area (Å²) in [7, 11) is 2.99. The largest absolute Gasteiger partial charge is 0.493 e. The molecule has 4 rings (SSSR count). The van der Waals surface area contributed by atoms with E-state index in [4.69, 9.17) is 14.0 Å². The summed E-state index contributed by atoms with van der Waals surface area (Å²) in [6.45, 7) is 2.69. The lowest BCUT2D eigenvalue weighted by Gasteiger charge is -2.36. The van der Waals surface area contributed by atoms with Gasteiger partial charge in [0.15, 0.2) is 17.3 Å². The van der Waals surface area contributed by atoms with Crippen molar-refractivity contribution < 1.29 is 37.1 Å². The number of aromatic nitrogens is 1. The van der Waals surface area contributed by atoms with E-state index in [1.807, 2.05) is 0 Å². The summed E-state index contributed by atoms with van der Waals surface area (Å²) >= 11 is 0. The van der Waals surface area contributed by atoms with Gasteiger partial charge in [0, 0.05) is 37.4 Å². The van der Waals surface area contributed by atoms with Gasteiger partial charge < -0.3 is 28.9 Å². The second-order valence-corrected chi connectivity index (χ2v) is 8.34. The van der Waals surface area contributed by atoms with Crippen molar-refractivity contribution in [2.45, 2.75) is 19.2 Å². The number of aliphatic hydroxyl groups excluding tert-OH is 1. The summed E-state index contributed by atoms with van der Waals surface area (Å²) in [6.07, 6.45) is -5.52. The molecular formula is C25H26F3N3O5. The molecule has 1 N–H and O–H groups in total. The normalized spacial score (nSPS) is 15.1. The number of methoxy groups -OCH3 is 2. The monoisotopic (exact) mass is 505 g/mol. The highest BCUT2D eigenvalue weighted by Crippen LogP contribution is 2.36. The fourth-order valence-corrected chi connectivity index (χ4v) is 4.18. The summed E-state index contributed by atoms with van der Waals surface area (Å²) in [6, 6.07) is 10.2. The zero-order valence-corrected chi connectivity index (χ0v) is 20.0. The first-order valence-corrected chi connectivity index (χ1v) is 11.3. The van der Waals surface area contributed by atoms with Crippen LogP contribution in [0.2, 0.25) is 0 Å². The Hall–Kier alpha value is -3.73. The van der Waals surface area contributed by atoms with Gasteiger partial charge in [-0.1, -0.05) is 11.2 Å². The molecule has 2 aromatic carbocycles. The lowest BCUT2D eigenvalue weighted by atomic mass is 10.0. The lowest BCUT2D eigenvalue weighted by Crippen LogP contribution is -2.49. The van der Waals surface area contributed by atoms with Crippen LogP contribution < -0.4 is 14.4 Å². The minimum atomic E-state index is -4.43. The van der Waals surface area contributed by atoms with Crippen molar-refractivity contribution in [3.05, 3.63) is 59.4 Å². The molecule has 1 saturated heterocycles. The average Bonchev–Trinajstić information content (AvgIpc) is 3.33. The van der Waals surface area contributed by atoms with Crippen molar-refractivity contribution in [2.75, 3.05) is 45.3 Å². The van der Waals surface area contributed by atoms with Gasteiger partial charge >= 0.3 is 6.18 Å². The Labute approximate surface area is 205 Å². The lowest BCUT2D eigenvalue weighted by molar-refractivity contribution is -0.137. The number of benzene rings is 2. The Morgan fingerprint density at radius 3 is 2.36 bits per heavy atom. The third-order valence-electron chi connectivity index (χ3n) is 6.07. The number of amides is 1. The van der Waals surface area contributed by atoms with E-state index in [1.54, 1.807) is 34.1 Å². The molecule has 1 aliphatic heterocycles. The van der Waals surface area contributed by atoms with Crippen LogP contribution in [0.15, 0.2) is 47.0 Å². The van der Waals surface area contributed by atoms with E-state index in [0.717, 1.165) is 12.1 Å². The summed E-state index contributed by atoms with van der Waals surface area (Å²) in [5.41, 5.74) is 0.637. The van der Waals surface area contributed by atoms with Crippen LogP contribution in [-0.2, 0) is 6.18 Å². The fourth-order valence-electron chi connectivity index (χ4n) is 4.18. The highest BCUT2D eigenvalue weighted by atomic mass is 19.4. The molecule has 0 spiro atoms. The van der Waals surface area contributed by atoms with E-state index in [9.17, 15) is 23.1 Å². The van der Waals surface area contributed by atoms with Crippen molar-refractivity contribution in [2.24, 2.45) is 0 Å². The van der Waals surface area contributed by atoms with Gasteiger partial charge in [-0.15, -0.1) is 0 Å². The first kappa shape index (κ1) is 25.4. The van der Waals surface area contributed by atoms with E-state index < -0.39 is 17.8 Å². The van der Waals surface area contributed by atoms with Crippen LogP contribution in [0, 0.1) is 0 Å². The molecule has 0 radical (unpaired) electrons. The number of ether oxygens (including phenoxy) is 2. The quantitative estimate of drug-likeness (QED) is 0.532. The van der Waals surface area contributed by atoms with Gasteiger partial charge in [0.05, 0.1) is 19.8 Å². The van der Waals surface area contributed by atoms with Gasteiger partial charge in [-0.2, -0.15) is 13.2 Å². The van der Waals surface area contributed by atoms with E-state index in [2.05, 4.69) is 5.16 Å². The SMILES string of the molecule is COc1ccc(-c2noc([C@H](C)O)c2C(=O)N2CCN(c3cccc(C(F)(F)F)c3)CC2)cc1OC. The van der Waals surface area contributed by atoms with Crippen LogP contribution in [0.5, 0.6) is 11.5 Å². The van der Waals surface area contributed by atoms with Gasteiger partial charge in [-0.05, 0) is 43.3 Å². The molecule has 11 heteroatoms. The fraction of sp³-hybridized carbons (Fsp3) is 0.360. The van der Waals surface area contributed by atoms with Crippen LogP contribution in [0.3, 0.4) is 0 Å². The number of hydrogen-bond donors (Lipinski definition) is 1. The average molecular weight is 505 g/mol. The maximum Gasteiger partial charge on any atom is 0.416 e. The Kier molecular flexibility index (Phi) is 7.11.